The molecule has 0 saturated carbocycles. The second kappa shape index (κ2) is 8.49. The molecule has 12 heteroatoms. The maximum atomic E-state index is 12.3. The Balaban J connectivity index is 2.25. The van der Waals surface area contributed by atoms with Crippen molar-refractivity contribution >= 4 is 75.4 Å². The first kappa shape index (κ1) is 20.8. The molecule has 0 atom stereocenters. The summed E-state index contributed by atoms with van der Waals surface area (Å²) < 4.78 is 0. The summed E-state index contributed by atoms with van der Waals surface area (Å²) in [6.45, 7) is 0. The zero-order chi connectivity index (χ0) is 20.3. The lowest BCUT2D eigenvalue weighted by Crippen LogP contribution is -2.34. The molecule has 2 rings (SSSR count). The van der Waals surface area contributed by atoms with Crippen molar-refractivity contribution in [1.29, 1.82) is 0 Å². The summed E-state index contributed by atoms with van der Waals surface area (Å²) in [4.78, 5) is 33.8. The van der Waals surface area contributed by atoms with Crippen LogP contribution >= 0.6 is 47.0 Å². The van der Waals surface area contributed by atoms with Gasteiger partial charge in [0.2, 0.25) is 0 Å². The SMILES string of the molecule is O=C(NC(=S)Nc1c(Cl)cc(Cl)cc1C(=O)O)c1cc([N+](=O)[O-])ccc1Cl. The van der Waals surface area contributed by atoms with Crippen LogP contribution < -0.4 is 10.6 Å². The van der Waals surface area contributed by atoms with Crippen molar-refractivity contribution in [2.45, 2.75) is 0 Å². The molecule has 27 heavy (non-hydrogen) atoms. The Morgan fingerprint density at radius 2 is 1.74 bits per heavy atom. The molecule has 0 spiro atoms. The number of amides is 1. The van der Waals surface area contributed by atoms with E-state index in [1.807, 2.05) is 0 Å². The van der Waals surface area contributed by atoms with Gasteiger partial charge in [-0.1, -0.05) is 34.8 Å². The van der Waals surface area contributed by atoms with Gasteiger partial charge in [0, 0.05) is 17.2 Å². The Morgan fingerprint density at radius 3 is 2.33 bits per heavy atom. The number of non-ortho nitro benzene ring substituents is 1. The minimum Gasteiger partial charge on any atom is -0.478 e. The number of carbonyl (C=O) groups is 2. The lowest BCUT2D eigenvalue weighted by molar-refractivity contribution is -0.384. The van der Waals surface area contributed by atoms with Crippen LogP contribution in [0.5, 0.6) is 0 Å². The fourth-order valence-corrected chi connectivity index (χ4v) is 2.92. The van der Waals surface area contributed by atoms with Gasteiger partial charge in [0.25, 0.3) is 11.6 Å². The van der Waals surface area contributed by atoms with E-state index in [9.17, 15) is 24.8 Å². The zero-order valence-electron chi connectivity index (χ0n) is 13.0. The lowest BCUT2D eigenvalue weighted by atomic mass is 10.1. The summed E-state index contributed by atoms with van der Waals surface area (Å²) in [5, 5.41) is 24.5. The van der Waals surface area contributed by atoms with Crippen LogP contribution in [0.25, 0.3) is 0 Å². The Labute approximate surface area is 172 Å². The van der Waals surface area contributed by atoms with Crippen LogP contribution in [0.4, 0.5) is 11.4 Å². The maximum Gasteiger partial charge on any atom is 0.337 e. The van der Waals surface area contributed by atoms with E-state index >= 15 is 0 Å². The number of carbonyl (C=O) groups excluding carboxylic acids is 1. The van der Waals surface area contributed by atoms with Crippen molar-refractivity contribution in [3.05, 3.63) is 66.6 Å². The molecule has 2 aromatic carbocycles. The van der Waals surface area contributed by atoms with Crippen molar-refractivity contribution in [2.24, 2.45) is 0 Å². The summed E-state index contributed by atoms with van der Waals surface area (Å²) in [6.07, 6.45) is 0. The Hall–Kier alpha value is -2.46. The van der Waals surface area contributed by atoms with Crippen LogP contribution in [0.3, 0.4) is 0 Å². The average Bonchev–Trinajstić information content (AvgIpc) is 2.56. The fourth-order valence-electron chi connectivity index (χ4n) is 1.99. The van der Waals surface area contributed by atoms with E-state index in [2.05, 4.69) is 10.6 Å². The molecule has 0 aliphatic rings. The molecule has 1 amide bonds. The number of nitro benzene ring substituents is 1. The molecule has 0 aromatic heterocycles. The third-order valence-corrected chi connectivity index (χ3v) is 4.21. The molecule has 0 heterocycles. The third-order valence-electron chi connectivity index (χ3n) is 3.16. The van der Waals surface area contributed by atoms with Crippen molar-refractivity contribution < 1.29 is 19.6 Å². The van der Waals surface area contributed by atoms with Gasteiger partial charge >= 0.3 is 5.97 Å². The smallest absolute Gasteiger partial charge is 0.337 e. The number of anilines is 1. The van der Waals surface area contributed by atoms with E-state index < -0.39 is 16.8 Å². The Morgan fingerprint density at radius 1 is 1.07 bits per heavy atom. The highest BCUT2D eigenvalue weighted by Crippen LogP contribution is 2.30. The van der Waals surface area contributed by atoms with Crippen LogP contribution in [0.2, 0.25) is 15.1 Å². The first-order valence-electron chi connectivity index (χ1n) is 6.88. The fraction of sp³-hybridized carbons (Fsp3) is 0. The summed E-state index contributed by atoms with van der Waals surface area (Å²) in [7, 11) is 0. The van der Waals surface area contributed by atoms with Crippen LogP contribution in [0, 0.1) is 10.1 Å². The van der Waals surface area contributed by atoms with Gasteiger partial charge in [-0.15, -0.1) is 0 Å². The van der Waals surface area contributed by atoms with Crippen molar-refractivity contribution in [1.82, 2.24) is 5.32 Å². The van der Waals surface area contributed by atoms with Gasteiger partial charge < -0.3 is 10.4 Å². The molecule has 0 radical (unpaired) electrons. The van der Waals surface area contributed by atoms with Gasteiger partial charge in [-0.05, 0) is 30.4 Å². The van der Waals surface area contributed by atoms with E-state index in [1.54, 1.807) is 0 Å². The maximum absolute atomic E-state index is 12.3. The quantitative estimate of drug-likeness (QED) is 0.360. The molecule has 0 saturated heterocycles. The van der Waals surface area contributed by atoms with Crippen LogP contribution in [-0.4, -0.2) is 27.0 Å². The van der Waals surface area contributed by atoms with Gasteiger partial charge in [-0.2, -0.15) is 0 Å². The zero-order valence-corrected chi connectivity index (χ0v) is 16.0. The normalized spacial score (nSPS) is 10.2. The predicted molar refractivity (Wildman–Crippen MR) is 105 cm³/mol. The highest BCUT2D eigenvalue weighted by atomic mass is 35.5. The first-order valence-corrected chi connectivity index (χ1v) is 8.43. The largest absolute Gasteiger partial charge is 0.478 e. The molecule has 2 aromatic rings. The van der Waals surface area contributed by atoms with E-state index in [-0.39, 0.29) is 42.7 Å². The van der Waals surface area contributed by atoms with E-state index in [1.165, 1.54) is 12.1 Å². The topological polar surface area (TPSA) is 122 Å². The number of nitrogens with zero attached hydrogens (tertiary/aromatic N) is 1. The molecular formula is C15H8Cl3N3O5S. The molecule has 0 unspecified atom stereocenters. The number of hydrogen-bond acceptors (Lipinski definition) is 5. The summed E-state index contributed by atoms with van der Waals surface area (Å²) in [5.74, 6) is -2.15. The molecule has 0 aliphatic carbocycles. The molecule has 0 bridgehead atoms. The lowest BCUT2D eigenvalue weighted by Gasteiger charge is -2.14. The number of halogens is 3. The van der Waals surface area contributed by atoms with Crippen LogP contribution in [0.1, 0.15) is 20.7 Å². The average molecular weight is 449 g/mol. The minimum absolute atomic E-state index is 0.0309. The highest BCUT2D eigenvalue weighted by molar-refractivity contribution is 7.80. The second-order valence-corrected chi connectivity index (χ2v) is 6.60. The predicted octanol–water partition coefficient (Wildman–Crippen LogP) is 4.38. The number of nitrogens with one attached hydrogen (secondary N) is 2. The Bertz CT molecular complexity index is 983. The molecular weight excluding hydrogens is 441 g/mol. The van der Waals surface area contributed by atoms with Crippen molar-refractivity contribution in [3.63, 3.8) is 0 Å². The Kier molecular flexibility index (Phi) is 6.55. The molecule has 140 valence electrons. The molecule has 8 nitrogen and oxygen atoms in total. The van der Waals surface area contributed by atoms with E-state index in [0.717, 1.165) is 18.2 Å². The molecule has 0 fully saturated rings. The third kappa shape index (κ3) is 5.04. The molecule has 0 aliphatic heterocycles. The van der Waals surface area contributed by atoms with Crippen molar-refractivity contribution in [3.8, 4) is 0 Å². The first-order chi connectivity index (χ1) is 12.6. The summed E-state index contributed by atoms with van der Waals surface area (Å²) in [6, 6.07) is 5.77. The van der Waals surface area contributed by atoms with Gasteiger partial charge in [0.1, 0.15) is 0 Å². The second-order valence-electron chi connectivity index (χ2n) is 4.94. The van der Waals surface area contributed by atoms with E-state index in [4.69, 9.17) is 47.0 Å². The molecule has 3 N–H and O–H groups in total. The number of hydrogen-bond donors (Lipinski definition) is 3. The van der Waals surface area contributed by atoms with E-state index in [0.29, 0.717) is 0 Å². The number of benzene rings is 2. The van der Waals surface area contributed by atoms with Gasteiger partial charge in [0.05, 0.1) is 31.8 Å². The standard InChI is InChI=1S/C15H8Cl3N3O5S/c16-6-3-9(14(23)24)12(11(18)4-6)19-15(27)20-13(22)8-5-7(21(25)26)1-2-10(8)17/h1-5H,(H,23,24)(H2,19,20,22,27). The van der Waals surface area contributed by atoms with Gasteiger partial charge in [0.15, 0.2) is 5.11 Å². The van der Waals surface area contributed by atoms with Crippen LogP contribution in [0.15, 0.2) is 30.3 Å². The van der Waals surface area contributed by atoms with Crippen molar-refractivity contribution in [2.75, 3.05) is 5.32 Å². The highest BCUT2D eigenvalue weighted by Gasteiger charge is 2.19. The monoisotopic (exact) mass is 447 g/mol. The number of aromatic carboxylic acids is 1. The summed E-state index contributed by atoms with van der Waals surface area (Å²) >= 11 is 22.6. The number of carboxylic acids is 1. The number of carboxylic acid groups (broad SMARTS) is 1. The van der Waals surface area contributed by atoms with Gasteiger partial charge in [-0.25, -0.2) is 4.79 Å². The minimum atomic E-state index is -1.32. The number of nitro groups is 1. The van der Waals surface area contributed by atoms with Crippen LogP contribution in [-0.2, 0) is 0 Å². The van der Waals surface area contributed by atoms with Gasteiger partial charge in [-0.3, -0.25) is 20.2 Å². The summed E-state index contributed by atoms with van der Waals surface area (Å²) in [5.41, 5.74) is -0.866. The number of thiocarbonyl (C=S) groups is 1. The number of rotatable bonds is 4.